The number of hydrogen-bond acceptors (Lipinski definition) is 8. The van der Waals surface area contributed by atoms with Crippen LogP contribution >= 0.6 is 11.8 Å². The smallest absolute Gasteiger partial charge is 0.410 e. The Balaban J connectivity index is 1.53. The fourth-order valence-electron chi connectivity index (χ4n) is 4.06. The van der Waals surface area contributed by atoms with E-state index in [1.165, 1.54) is 12.0 Å². The third-order valence-corrected chi connectivity index (χ3v) is 6.59. The van der Waals surface area contributed by atoms with Gasteiger partial charge in [-0.3, -0.25) is 4.90 Å². The van der Waals surface area contributed by atoms with Crippen molar-refractivity contribution in [1.29, 1.82) is 0 Å². The second-order valence-corrected chi connectivity index (χ2v) is 9.10. The minimum atomic E-state index is -0.808. The quantitative estimate of drug-likeness (QED) is 0.411. The third kappa shape index (κ3) is 6.55. The predicted octanol–water partition coefficient (Wildman–Crippen LogP) is 2.02. The van der Waals surface area contributed by atoms with Crippen LogP contribution < -0.4 is 5.32 Å². The Labute approximate surface area is 203 Å². The van der Waals surface area contributed by atoms with Gasteiger partial charge in [0.05, 0.1) is 7.11 Å². The molecule has 1 aromatic rings. The summed E-state index contributed by atoms with van der Waals surface area (Å²) in [6.07, 6.45) is 2.82. The Morgan fingerprint density at radius 2 is 1.91 bits per heavy atom. The van der Waals surface area contributed by atoms with Gasteiger partial charge >= 0.3 is 24.1 Å². The molecule has 0 bridgehead atoms. The third-order valence-electron chi connectivity index (χ3n) is 5.95. The van der Waals surface area contributed by atoms with Crippen molar-refractivity contribution in [3.8, 4) is 0 Å². The number of methoxy groups -OCH3 is 1. The Kier molecular flexibility index (Phi) is 9.43. The van der Waals surface area contributed by atoms with Gasteiger partial charge in [0.1, 0.15) is 19.3 Å². The zero-order valence-electron chi connectivity index (χ0n) is 19.4. The molecule has 0 radical (unpaired) electrons. The monoisotopic (exact) mass is 493 g/mol. The first kappa shape index (κ1) is 25.7. The van der Waals surface area contributed by atoms with Crippen LogP contribution in [0.2, 0.25) is 0 Å². The Morgan fingerprint density at radius 1 is 1.21 bits per heavy atom. The summed E-state index contributed by atoms with van der Waals surface area (Å²) in [7, 11) is 1.29. The molecule has 11 heteroatoms. The molecule has 2 atom stereocenters. The molecule has 3 amide bonds. The highest BCUT2D eigenvalue weighted by molar-refractivity contribution is 7.98. The lowest BCUT2D eigenvalue weighted by Gasteiger charge is -2.37. The molecular weight excluding hydrogens is 462 g/mol. The topological polar surface area (TPSA) is 114 Å². The number of hydrogen-bond donors (Lipinski definition) is 1. The molecular formula is C23H31N3O7S. The van der Waals surface area contributed by atoms with Crippen LogP contribution in [0.1, 0.15) is 24.8 Å². The number of carbonyl (C=O) groups excluding carboxylic acids is 4. The van der Waals surface area contributed by atoms with E-state index < -0.39 is 30.1 Å². The van der Waals surface area contributed by atoms with Crippen LogP contribution in [0.4, 0.5) is 9.59 Å². The van der Waals surface area contributed by atoms with Gasteiger partial charge in [-0.1, -0.05) is 30.3 Å². The zero-order chi connectivity index (χ0) is 24.5. The normalized spacial score (nSPS) is 19.4. The number of esters is 2. The molecule has 2 saturated heterocycles. The number of benzene rings is 1. The van der Waals surface area contributed by atoms with Gasteiger partial charge in [-0.05, 0) is 36.8 Å². The van der Waals surface area contributed by atoms with Gasteiger partial charge in [0.2, 0.25) is 0 Å². The first-order valence-corrected chi connectivity index (χ1v) is 12.6. The van der Waals surface area contributed by atoms with Crippen LogP contribution in [0.25, 0.3) is 0 Å². The summed E-state index contributed by atoms with van der Waals surface area (Å²) in [6.45, 7) is 0.823. The number of rotatable bonds is 9. The molecule has 0 spiro atoms. The van der Waals surface area contributed by atoms with Gasteiger partial charge in [-0.25, -0.2) is 19.2 Å². The van der Waals surface area contributed by atoms with Gasteiger partial charge in [-0.15, -0.1) is 0 Å². The van der Waals surface area contributed by atoms with E-state index in [-0.39, 0.29) is 25.3 Å². The van der Waals surface area contributed by atoms with E-state index in [1.807, 2.05) is 36.6 Å². The van der Waals surface area contributed by atoms with E-state index in [1.54, 1.807) is 16.7 Å². The van der Waals surface area contributed by atoms with Gasteiger partial charge in [0.25, 0.3) is 0 Å². The number of piperidine rings is 1. The van der Waals surface area contributed by atoms with Crippen molar-refractivity contribution >= 4 is 35.8 Å². The summed E-state index contributed by atoms with van der Waals surface area (Å²) in [6, 6.07) is 7.19. The number of urea groups is 1. The number of nitrogens with zero attached hydrogens (tertiary/aromatic N) is 2. The zero-order valence-corrected chi connectivity index (χ0v) is 20.3. The molecule has 2 heterocycles. The standard InChI is InChI=1S/C23H31N3O7S/c1-31-20(27)18(10-13-34-2)24-22(29)25-11-8-17(9-12-25)26-19(15-33-23(26)30)21(28)32-14-16-6-4-3-5-7-16/h3-7,17-19H,8-15H2,1-2H3,(H,24,29)/t18-,19-/m0/s1. The highest BCUT2D eigenvalue weighted by Gasteiger charge is 2.44. The molecule has 3 rings (SSSR count). The van der Waals surface area contributed by atoms with Crippen LogP contribution in [0.15, 0.2) is 30.3 Å². The maximum absolute atomic E-state index is 12.7. The molecule has 10 nitrogen and oxygen atoms in total. The number of thioether (sulfide) groups is 1. The van der Waals surface area contributed by atoms with E-state index in [2.05, 4.69) is 5.32 Å². The number of amides is 3. The van der Waals surface area contributed by atoms with Crippen molar-refractivity contribution in [2.75, 3.05) is 38.8 Å². The van der Waals surface area contributed by atoms with Crippen molar-refractivity contribution in [2.45, 2.75) is 44.0 Å². The second kappa shape index (κ2) is 12.5. The Morgan fingerprint density at radius 3 is 2.56 bits per heavy atom. The lowest BCUT2D eigenvalue weighted by Crippen LogP contribution is -2.55. The molecule has 0 aliphatic carbocycles. The number of ether oxygens (including phenoxy) is 3. The van der Waals surface area contributed by atoms with E-state index in [0.29, 0.717) is 38.1 Å². The van der Waals surface area contributed by atoms with Gasteiger partial charge in [-0.2, -0.15) is 11.8 Å². The maximum atomic E-state index is 12.7. The minimum absolute atomic E-state index is 0.0522. The highest BCUT2D eigenvalue weighted by atomic mass is 32.2. The number of cyclic esters (lactones) is 1. The molecule has 1 aromatic carbocycles. The molecule has 186 valence electrons. The number of likely N-dealkylation sites (tertiary alicyclic amines) is 1. The molecule has 2 fully saturated rings. The first-order chi connectivity index (χ1) is 16.4. The summed E-state index contributed by atoms with van der Waals surface area (Å²) < 4.78 is 15.4. The molecule has 0 saturated carbocycles. The van der Waals surface area contributed by atoms with E-state index >= 15 is 0 Å². The van der Waals surface area contributed by atoms with Crippen molar-refractivity contribution in [1.82, 2.24) is 15.1 Å². The summed E-state index contributed by atoms with van der Waals surface area (Å²) in [5, 5.41) is 2.74. The van der Waals surface area contributed by atoms with E-state index in [9.17, 15) is 19.2 Å². The van der Waals surface area contributed by atoms with Crippen LogP contribution in [0.5, 0.6) is 0 Å². The van der Waals surface area contributed by atoms with Crippen molar-refractivity contribution < 1.29 is 33.4 Å². The SMILES string of the molecule is COC(=O)[C@H](CCSC)NC(=O)N1CCC(N2C(=O)OC[C@H]2C(=O)OCc2ccccc2)CC1. The molecule has 0 unspecified atom stereocenters. The average molecular weight is 494 g/mol. The van der Waals surface area contributed by atoms with Crippen molar-refractivity contribution in [3.05, 3.63) is 35.9 Å². The molecule has 2 aliphatic rings. The van der Waals surface area contributed by atoms with Gasteiger partial charge < -0.3 is 24.4 Å². The lowest BCUT2D eigenvalue weighted by atomic mass is 10.0. The predicted molar refractivity (Wildman–Crippen MR) is 125 cm³/mol. The average Bonchev–Trinajstić information content (AvgIpc) is 3.26. The van der Waals surface area contributed by atoms with Gasteiger partial charge in [0.15, 0.2) is 6.04 Å². The van der Waals surface area contributed by atoms with Crippen LogP contribution in [-0.4, -0.2) is 90.8 Å². The fraction of sp³-hybridized carbons (Fsp3) is 0.565. The van der Waals surface area contributed by atoms with Crippen LogP contribution in [0.3, 0.4) is 0 Å². The molecule has 1 N–H and O–H groups in total. The molecule has 34 heavy (non-hydrogen) atoms. The maximum Gasteiger partial charge on any atom is 0.410 e. The number of carbonyl (C=O) groups is 4. The first-order valence-electron chi connectivity index (χ1n) is 11.2. The van der Waals surface area contributed by atoms with Gasteiger partial charge in [0, 0.05) is 19.1 Å². The Bertz CT molecular complexity index is 861. The highest BCUT2D eigenvalue weighted by Crippen LogP contribution is 2.25. The summed E-state index contributed by atoms with van der Waals surface area (Å²) in [5.41, 5.74) is 0.856. The van der Waals surface area contributed by atoms with Crippen LogP contribution in [-0.2, 0) is 30.4 Å². The summed E-state index contributed by atoms with van der Waals surface area (Å²) >= 11 is 1.58. The summed E-state index contributed by atoms with van der Waals surface area (Å²) in [5.74, 6) is -0.278. The van der Waals surface area contributed by atoms with Crippen molar-refractivity contribution in [3.63, 3.8) is 0 Å². The summed E-state index contributed by atoms with van der Waals surface area (Å²) in [4.78, 5) is 52.8. The lowest BCUT2D eigenvalue weighted by molar-refractivity contribution is -0.150. The molecule has 0 aromatic heterocycles. The second-order valence-electron chi connectivity index (χ2n) is 8.12. The van der Waals surface area contributed by atoms with E-state index in [0.717, 1.165) is 5.56 Å². The van der Waals surface area contributed by atoms with Crippen LogP contribution in [0, 0.1) is 0 Å². The van der Waals surface area contributed by atoms with E-state index in [4.69, 9.17) is 14.2 Å². The Hall–Kier alpha value is -2.95. The minimum Gasteiger partial charge on any atom is -0.467 e. The molecule has 2 aliphatic heterocycles. The fourth-order valence-corrected chi connectivity index (χ4v) is 4.53. The number of nitrogens with one attached hydrogen (secondary N) is 1. The van der Waals surface area contributed by atoms with Crippen molar-refractivity contribution in [2.24, 2.45) is 0 Å². The largest absolute Gasteiger partial charge is 0.467 e.